The van der Waals surface area contributed by atoms with Gasteiger partial charge in [0, 0.05) is 11.1 Å². The summed E-state index contributed by atoms with van der Waals surface area (Å²) < 4.78 is 32.6. The SMILES string of the molecule is CCCCOP(=O)(ON(C(=S)c1ccccc1)c1ccccc1)ON(C(=S)c1ccccc1)c1ccccc1. The number of hydrogen-bond acceptors (Lipinski definition) is 6. The highest BCUT2D eigenvalue weighted by atomic mass is 32.1. The Labute approximate surface area is 240 Å². The van der Waals surface area contributed by atoms with Crippen LogP contribution in [-0.4, -0.2) is 16.6 Å². The van der Waals surface area contributed by atoms with Crippen LogP contribution in [0.1, 0.15) is 30.9 Å². The molecule has 0 saturated carbocycles. The summed E-state index contributed by atoms with van der Waals surface area (Å²) in [7, 11) is -4.36. The molecule has 0 aromatic heterocycles. The third kappa shape index (κ3) is 7.90. The quantitative estimate of drug-likeness (QED) is 0.0720. The van der Waals surface area contributed by atoms with E-state index in [1.165, 1.54) is 10.1 Å². The molecule has 0 unspecified atom stereocenters. The van der Waals surface area contributed by atoms with Gasteiger partial charge in [0.05, 0.1) is 18.0 Å². The predicted octanol–water partition coefficient (Wildman–Crippen LogP) is 8.54. The van der Waals surface area contributed by atoms with E-state index < -0.39 is 7.82 Å². The van der Waals surface area contributed by atoms with Crippen LogP contribution in [0, 0.1) is 0 Å². The summed E-state index contributed by atoms with van der Waals surface area (Å²) in [5, 5.41) is 2.62. The molecule has 0 atom stereocenters. The molecule has 0 fully saturated rings. The molecule has 0 bridgehead atoms. The molecule has 0 heterocycles. The molecule has 0 N–H and O–H groups in total. The Morgan fingerprint density at radius 1 is 0.641 bits per heavy atom. The summed E-state index contributed by atoms with van der Waals surface area (Å²) in [6.07, 6.45) is 1.48. The second-order valence-corrected chi connectivity index (χ2v) is 10.7. The van der Waals surface area contributed by atoms with Gasteiger partial charge in [-0.2, -0.15) is 19.4 Å². The number of rotatable bonds is 12. The van der Waals surface area contributed by atoms with E-state index in [4.69, 9.17) is 38.2 Å². The van der Waals surface area contributed by atoms with Gasteiger partial charge < -0.3 is 0 Å². The van der Waals surface area contributed by atoms with Crippen LogP contribution in [-0.2, 0) is 18.3 Å². The third-order valence-corrected chi connectivity index (χ3v) is 7.53. The zero-order valence-electron chi connectivity index (χ0n) is 21.5. The lowest BCUT2D eigenvalue weighted by atomic mass is 10.2. The maximum atomic E-state index is 14.5. The van der Waals surface area contributed by atoms with Gasteiger partial charge in [0.25, 0.3) is 0 Å². The van der Waals surface area contributed by atoms with Gasteiger partial charge in [-0.15, -0.1) is 0 Å². The third-order valence-electron chi connectivity index (χ3n) is 5.50. The maximum Gasteiger partial charge on any atom is 0.518 e. The lowest BCUT2D eigenvalue weighted by Gasteiger charge is -2.31. The zero-order valence-corrected chi connectivity index (χ0v) is 24.0. The first-order chi connectivity index (χ1) is 19.0. The number of hydroxylamine groups is 2. The van der Waals surface area contributed by atoms with E-state index in [1.54, 1.807) is 24.3 Å². The van der Waals surface area contributed by atoms with Crippen LogP contribution in [0.25, 0.3) is 0 Å². The molecule has 0 spiro atoms. The van der Waals surface area contributed by atoms with Crippen LogP contribution < -0.4 is 10.1 Å². The number of phosphoric acid groups is 1. The van der Waals surface area contributed by atoms with E-state index in [0.717, 1.165) is 6.42 Å². The number of unbranched alkanes of at least 4 members (excludes halogenated alkanes) is 1. The minimum atomic E-state index is -4.36. The molecule has 0 aliphatic heterocycles. The summed E-state index contributed by atoms with van der Waals surface area (Å²) >= 11 is 11.6. The molecule has 0 amide bonds. The molecule has 4 aromatic rings. The Morgan fingerprint density at radius 3 is 1.36 bits per heavy atom. The Morgan fingerprint density at radius 2 is 1.00 bits per heavy atom. The van der Waals surface area contributed by atoms with E-state index in [-0.39, 0.29) is 6.61 Å². The van der Waals surface area contributed by atoms with Crippen molar-refractivity contribution in [3.8, 4) is 0 Å². The second-order valence-electron chi connectivity index (χ2n) is 8.40. The van der Waals surface area contributed by atoms with E-state index in [0.29, 0.717) is 38.9 Å². The van der Waals surface area contributed by atoms with Gasteiger partial charge in [-0.05, 0) is 30.7 Å². The van der Waals surface area contributed by atoms with E-state index in [2.05, 4.69) is 0 Å². The first-order valence-electron chi connectivity index (χ1n) is 12.5. The number of hydrogen-bond donors (Lipinski definition) is 0. The number of para-hydroxylation sites is 2. The van der Waals surface area contributed by atoms with Gasteiger partial charge in [0.1, 0.15) is 9.98 Å². The Kier molecular flexibility index (Phi) is 10.5. The van der Waals surface area contributed by atoms with Gasteiger partial charge in [-0.25, -0.2) is 4.57 Å². The average molecular weight is 577 g/mol. The molecular formula is C30H29N2O4PS2. The van der Waals surface area contributed by atoms with Crippen LogP contribution in [0.5, 0.6) is 0 Å². The molecule has 39 heavy (non-hydrogen) atoms. The summed E-state index contributed by atoms with van der Waals surface area (Å²) in [5.41, 5.74) is 2.53. The molecule has 200 valence electrons. The van der Waals surface area contributed by atoms with Crippen LogP contribution in [0.2, 0.25) is 0 Å². The topological polar surface area (TPSA) is 51.2 Å². The molecule has 6 nitrogen and oxygen atoms in total. The lowest BCUT2D eigenvalue weighted by molar-refractivity contribution is 0.118. The highest BCUT2D eigenvalue weighted by molar-refractivity contribution is 7.81. The molecule has 0 aliphatic rings. The average Bonchev–Trinajstić information content (AvgIpc) is 3.00. The lowest BCUT2D eigenvalue weighted by Crippen LogP contribution is -2.34. The second kappa shape index (κ2) is 14.2. The number of nitrogens with zero attached hydrogens (tertiary/aromatic N) is 2. The first kappa shape index (κ1) is 28.8. The van der Waals surface area contributed by atoms with Crippen molar-refractivity contribution in [3.05, 3.63) is 132 Å². The minimum Gasteiger partial charge on any atom is -0.284 e. The van der Waals surface area contributed by atoms with Gasteiger partial charge in [0.2, 0.25) is 0 Å². The van der Waals surface area contributed by atoms with Crippen molar-refractivity contribution in [3.63, 3.8) is 0 Å². The monoisotopic (exact) mass is 576 g/mol. The fraction of sp³-hybridized carbons (Fsp3) is 0.133. The van der Waals surface area contributed by atoms with Crippen LogP contribution in [0.3, 0.4) is 0 Å². The van der Waals surface area contributed by atoms with Gasteiger partial charge in [-0.1, -0.05) is 135 Å². The van der Waals surface area contributed by atoms with Crippen molar-refractivity contribution in [2.75, 3.05) is 16.7 Å². The molecule has 9 heteroatoms. The fourth-order valence-corrected chi connectivity index (χ4v) is 5.41. The molecule has 0 radical (unpaired) electrons. The number of thiocarbonyl (C=S) groups is 2. The van der Waals surface area contributed by atoms with Crippen molar-refractivity contribution in [2.45, 2.75) is 19.8 Å². The van der Waals surface area contributed by atoms with E-state index >= 15 is 0 Å². The van der Waals surface area contributed by atoms with Crippen LogP contribution in [0.15, 0.2) is 121 Å². The maximum absolute atomic E-state index is 14.5. The zero-order chi connectivity index (χ0) is 27.5. The van der Waals surface area contributed by atoms with Crippen molar-refractivity contribution in [1.29, 1.82) is 0 Å². The highest BCUT2D eigenvalue weighted by Gasteiger charge is 2.37. The Balaban J connectivity index is 1.74. The van der Waals surface area contributed by atoms with E-state index in [9.17, 15) is 4.57 Å². The molecule has 0 saturated heterocycles. The molecule has 0 aliphatic carbocycles. The number of anilines is 2. The fourth-order valence-electron chi connectivity index (χ4n) is 3.51. The van der Waals surface area contributed by atoms with Crippen molar-refractivity contribution < 1.29 is 18.3 Å². The Bertz CT molecular complexity index is 1290. The van der Waals surface area contributed by atoms with Crippen LogP contribution in [0.4, 0.5) is 11.4 Å². The minimum absolute atomic E-state index is 0.148. The van der Waals surface area contributed by atoms with Crippen LogP contribution >= 0.6 is 32.3 Å². The van der Waals surface area contributed by atoms with Crippen molar-refractivity contribution in [1.82, 2.24) is 0 Å². The largest absolute Gasteiger partial charge is 0.518 e. The standard InChI is InChI=1S/C30H29N2O4PS2/c1-2-3-24-34-37(33,35-31(27-20-12-6-13-21-27)29(38)25-16-8-4-9-17-25)36-32(28-22-14-7-15-23-28)30(39)26-18-10-5-11-19-26/h4-23H,2-3,24H2,1H3. The summed E-state index contributed by atoms with van der Waals surface area (Å²) in [6.45, 7) is 2.16. The molecule has 4 aromatic carbocycles. The van der Waals surface area contributed by atoms with Crippen molar-refractivity contribution >= 4 is 53.6 Å². The summed E-state index contributed by atoms with van der Waals surface area (Å²) in [4.78, 5) is 0.586. The molecule has 4 rings (SSSR count). The predicted molar refractivity (Wildman–Crippen MR) is 165 cm³/mol. The summed E-state index contributed by atoms with van der Waals surface area (Å²) in [5.74, 6) is 0. The Hall–Kier alpha value is -3.23. The smallest absolute Gasteiger partial charge is 0.284 e. The first-order valence-corrected chi connectivity index (χ1v) is 14.8. The van der Waals surface area contributed by atoms with Gasteiger partial charge in [-0.3, -0.25) is 4.52 Å². The normalized spacial score (nSPS) is 11.1. The summed E-state index contributed by atoms with van der Waals surface area (Å²) in [6, 6.07) is 37.0. The van der Waals surface area contributed by atoms with Gasteiger partial charge >= 0.3 is 7.82 Å². The van der Waals surface area contributed by atoms with E-state index in [1.807, 2.05) is 104 Å². The van der Waals surface area contributed by atoms with Crippen molar-refractivity contribution in [2.24, 2.45) is 0 Å². The molecular weight excluding hydrogens is 547 g/mol. The highest BCUT2D eigenvalue weighted by Crippen LogP contribution is 2.53. The van der Waals surface area contributed by atoms with Gasteiger partial charge in [0.15, 0.2) is 0 Å². The number of benzene rings is 4.